The van der Waals surface area contributed by atoms with E-state index in [-0.39, 0.29) is 30.8 Å². The van der Waals surface area contributed by atoms with Gasteiger partial charge in [-0.3, -0.25) is 9.79 Å². The predicted molar refractivity (Wildman–Crippen MR) is 154 cm³/mol. The number of nitrogens with two attached hydrogens (primary N) is 1. The summed E-state index contributed by atoms with van der Waals surface area (Å²) in [6, 6.07) is 3.32. The zero-order chi connectivity index (χ0) is 29.1. The smallest absolute Gasteiger partial charge is 0.302 e. The average molecular weight is 559 g/mol. The first-order chi connectivity index (χ1) is 19.2. The fourth-order valence-corrected chi connectivity index (χ4v) is 5.47. The number of hydrogen-bond acceptors (Lipinski definition) is 8. The third-order valence-electron chi connectivity index (χ3n) is 8.06. The Kier molecular flexibility index (Phi) is 11.9. The van der Waals surface area contributed by atoms with Crippen LogP contribution < -0.4 is 21.1 Å². The van der Waals surface area contributed by atoms with Gasteiger partial charge in [0.25, 0.3) is 0 Å². The van der Waals surface area contributed by atoms with Crippen LogP contribution in [0.15, 0.2) is 17.1 Å². The molecule has 1 saturated heterocycles. The highest BCUT2D eigenvalue weighted by molar-refractivity contribution is 5.77. The molecule has 1 aromatic rings. The van der Waals surface area contributed by atoms with Gasteiger partial charge in [-0.15, -0.1) is 5.92 Å². The van der Waals surface area contributed by atoms with E-state index in [4.69, 9.17) is 15.2 Å². The first kappa shape index (κ1) is 31.5. The van der Waals surface area contributed by atoms with Gasteiger partial charge in [-0.25, -0.2) is 0 Å². The molecule has 2 aliphatic rings. The lowest BCUT2D eigenvalue weighted by Crippen LogP contribution is -2.41. The Hall–Kier alpha value is -3.00. The number of piperidine rings is 1. The van der Waals surface area contributed by atoms with Crippen molar-refractivity contribution < 1.29 is 29.6 Å². The molecule has 10 nitrogen and oxygen atoms in total. The number of guanidine groups is 1. The molecule has 4 atom stereocenters. The Morgan fingerprint density at radius 3 is 2.67 bits per heavy atom. The van der Waals surface area contributed by atoms with Gasteiger partial charge in [-0.1, -0.05) is 12.8 Å². The van der Waals surface area contributed by atoms with Crippen LogP contribution in [0.1, 0.15) is 69.9 Å². The Bertz CT molecular complexity index is 1080. The molecule has 4 unspecified atom stereocenters. The van der Waals surface area contributed by atoms with Gasteiger partial charge >= 0.3 is 5.97 Å². The average Bonchev–Trinajstić information content (AvgIpc) is 2.94. The zero-order valence-electron chi connectivity index (χ0n) is 24.0. The summed E-state index contributed by atoms with van der Waals surface area (Å²) in [6.45, 7) is 5.39. The van der Waals surface area contributed by atoms with Crippen molar-refractivity contribution in [2.75, 3.05) is 26.7 Å². The number of carbonyl (C=O) groups is 1. The highest BCUT2D eigenvalue weighted by Gasteiger charge is 2.32. The standard InChI is InChI=1S/C30H46N4O6/c1-4-30(19-34-29(31)32-3)10-5-6-21(27(39-20(2)36)17-24(37)7-11-30)14-22-16-28(26(38)15-23(22)18-35)40-25-8-12-33-13-9-25/h15-16,21,24-25,27,33,35,37-38H,4,6-9,11-14,17-19H2,1-3H3,(H3,31,32,34). The van der Waals surface area contributed by atoms with Gasteiger partial charge in [-0.05, 0) is 74.9 Å². The van der Waals surface area contributed by atoms with E-state index in [0.29, 0.717) is 49.5 Å². The second kappa shape index (κ2) is 15.1. The Morgan fingerprint density at radius 2 is 2.02 bits per heavy atom. The van der Waals surface area contributed by atoms with Crippen molar-refractivity contribution in [3.8, 4) is 23.3 Å². The number of aliphatic hydroxyl groups excluding tert-OH is 2. The number of nitrogens with one attached hydrogen (secondary N) is 2. The van der Waals surface area contributed by atoms with Crippen LogP contribution in [-0.2, 0) is 22.6 Å². The monoisotopic (exact) mass is 558 g/mol. The van der Waals surface area contributed by atoms with E-state index in [1.807, 2.05) is 0 Å². The first-order valence-corrected chi connectivity index (χ1v) is 14.3. The lowest BCUT2D eigenvalue weighted by atomic mass is 9.77. The highest BCUT2D eigenvalue weighted by Crippen LogP contribution is 2.36. The van der Waals surface area contributed by atoms with Gasteiger partial charge < -0.3 is 41.2 Å². The summed E-state index contributed by atoms with van der Waals surface area (Å²) in [6.07, 6.45) is 3.45. The molecular formula is C30H46N4O6. The van der Waals surface area contributed by atoms with E-state index >= 15 is 0 Å². The predicted octanol–water partition coefficient (Wildman–Crippen LogP) is 1.97. The molecule has 7 N–H and O–H groups in total. The van der Waals surface area contributed by atoms with Gasteiger partial charge in [0, 0.05) is 44.7 Å². The van der Waals surface area contributed by atoms with E-state index in [9.17, 15) is 20.1 Å². The molecule has 1 aliphatic heterocycles. The molecule has 1 heterocycles. The Labute approximate surface area is 237 Å². The molecule has 0 aromatic heterocycles. The van der Waals surface area contributed by atoms with Crippen LogP contribution in [0, 0.1) is 23.2 Å². The molecule has 0 radical (unpaired) electrons. The fraction of sp³-hybridized carbons (Fsp3) is 0.667. The minimum Gasteiger partial charge on any atom is -0.504 e. The minimum absolute atomic E-state index is 0.00833. The molecule has 10 heteroatoms. The Morgan fingerprint density at radius 1 is 1.27 bits per heavy atom. The number of hydrogen-bond donors (Lipinski definition) is 6. The fourth-order valence-electron chi connectivity index (χ4n) is 5.47. The number of nitrogens with zero attached hydrogens (tertiary/aromatic N) is 1. The zero-order valence-corrected chi connectivity index (χ0v) is 24.0. The van der Waals surface area contributed by atoms with E-state index in [0.717, 1.165) is 37.9 Å². The number of rotatable bonds is 9. The van der Waals surface area contributed by atoms with Crippen molar-refractivity contribution in [2.24, 2.45) is 22.1 Å². The number of esters is 1. The van der Waals surface area contributed by atoms with Crippen molar-refractivity contribution >= 4 is 11.9 Å². The second-order valence-electron chi connectivity index (χ2n) is 11.0. The summed E-state index contributed by atoms with van der Waals surface area (Å²) in [4.78, 5) is 16.0. The lowest BCUT2D eigenvalue weighted by molar-refractivity contribution is -0.151. The molecule has 1 aromatic carbocycles. The molecule has 0 amide bonds. The minimum atomic E-state index is -0.689. The summed E-state index contributed by atoms with van der Waals surface area (Å²) >= 11 is 0. The van der Waals surface area contributed by atoms with E-state index in [1.165, 1.54) is 6.92 Å². The van der Waals surface area contributed by atoms with Gasteiger partial charge in [-0.2, -0.15) is 0 Å². The molecule has 3 rings (SSSR count). The summed E-state index contributed by atoms with van der Waals surface area (Å²) < 4.78 is 11.9. The lowest BCUT2D eigenvalue weighted by Gasteiger charge is -2.33. The van der Waals surface area contributed by atoms with Crippen LogP contribution >= 0.6 is 0 Å². The molecule has 222 valence electrons. The van der Waals surface area contributed by atoms with Gasteiger partial charge in [0.1, 0.15) is 12.2 Å². The molecule has 1 fully saturated rings. The Balaban J connectivity index is 1.94. The summed E-state index contributed by atoms with van der Waals surface area (Å²) in [7, 11) is 1.62. The number of aromatic hydroxyl groups is 1. The number of ether oxygens (including phenoxy) is 2. The summed E-state index contributed by atoms with van der Waals surface area (Å²) in [5, 5.41) is 38.2. The normalized spacial score (nSPS) is 26.3. The number of carbonyl (C=O) groups excluding carboxylic acids is 1. The number of phenols is 1. The second-order valence-corrected chi connectivity index (χ2v) is 11.0. The van der Waals surface area contributed by atoms with Gasteiger partial charge in [0.15, 0.2) is 17.5 Å². The molecule has 0 spiro atoms. The quantitative estimate of drug-likeness (QED) is 0.115. The van der Waals surface area contributed by atoms with E-state index < -0.39 is 23.6 Å². The topological polar surface area (TPSA) is 159 Å². The van der Waals surface area contributed by atoms with Crippen molar-refractivity contribution in [3.63, 3.8) is 0 Å². The maximum Gasteiger partial charge on any atom is 0.302 e. The molecule has 0 bridgehead atoms. The third kappa shape index (κ3) is 9.01. The van der Waals surface area contributed by atoms with Crippen LogP contribution in [-0.4, -0.2) is 72.2 Å². The summed E-state index contributed by atoms with van der Waals surface area (Å²) in [5.74, 6) is 6.84. The SMILES string of the molecule is CCC1(CNC(N)=NC)C#CCC(Cc2cc(OC3CCNCC3)c(O)cc2CO)C(OC(C)=O)CC(O)CC1. The molecular weight excluding hydrogens is 512 g/mol. The molecule has 1 aliphatic carbocycles. The largest absolute Gasteiger partial charge is 0.504 e. The highest BCUT2D eigenvalue weighted by atomic mass is 16.5. The number of phenolic OH excluding ortho intramolecular Hbond substituents is 1. The third-order valence-corrected chi connectivity index (χ3v) is 8.06. The summed E-state index contributed by atoms with van der Waals surface area (Å²) in [5.41, 5.74) is 6.84. The van der Waals surface area contributed by atoms with Gasteiger partial charge in [0.05, 0.1) is 12.7 Å². The van der Waals surface area contributed by atoms with Crippen molar-refractivity contribution in [1.82, 2.24) is 10.6 Å². The van der Waals surface area contributed by atoms with Crippen LogP contribution in [0.25, 0.3) is 0 Å². The van der Waals surface area contributed by atoms with Crippen LogP contribution in [0.2, 0.25) is 0 Å². The maximum absolute atomic E-state index is 12.1. The number of benzene rings is 1. The number of aliphatic imine (C=N–C) groups is 1. The van der Waals surface area contributed by atoms with Crippen molar-refractivity contribution in [3.05, 3.63) is 23.3 Å². The molecule has 40 heavy (non-hydrogen) atoms. The first-order valence-electron chi connectivity index (χ1n) is 14.3. The maximum atomic E-state index is 12.1. The van der Waals surface area contributed by atoms with Crippen molar-refractivity contribution in [1.29, 1.82) is 0 Å². The van der Waals surface area contributed by atoms with E-state index in [2.05, 4.69) is 34.4 Å². The molecule has 0 saturated carbocycles. The van der Waals surface area contributed by atoms with Crippen LogP contribution in [0.4, 0.5) is 0 Å². The van der Waals surface area contributed by atoms with E-state index in [1.54, 1.807) is 19.2 Å². The van der Waals surface area contributed by atoms with Gasteiger partial charge in [0.2, 0.25) is 0 Å². The number of aliphatic hydroxyl groups is 2. The van der Waals surface area contributed by atoms with Crippen LogP contribution in [0.3, 0.4) is 0 Å². The van der Waals surface area contributed by atoms with Crippen LogP contribution in [0.5, 0.6) is 11.5 Å². The van der Waals surface area contributed by atoms with Crippen molar-refractivity contribution in [2.45, 2.75) is 90.1 Å².